The van der Waals surface area contributed by atoms with E-state index in [4.69, 9.17) is 0 Å². The van der Waals surface area contributed by atoms with Crippen LogP contribution in [0.1, 0.15) is 11.4 Å². The highest BCUT2D eigenvalue weighted by molar-refractivity contribution is 5.56. The van der Waals surface area contributed by atoms with E-state index in [1.165, 1.54) is 0 Å². The molecule has 0 bridgehead atoms. The maximum atomic E-state index is 4.63. The number of nitrogens with zero attached hydrogens (tertiary/aromatic N) is 6. The van der Waals surface area contributed by atoms with Crippen molar-refractivity contribution in [1.82, 2.24) is 24.9 Å². The lowest BCUT2D eigenvalue weighted by molar-refractivity contribution is 0.850. The Morgan fingerprint density at radius 3 is 2.64 bits per heavy atom. The van der Waals surface area contributed by atoms with Crippen molar-refractivity contribution >= 4 is 5.82 Å². The Labute approximate surface area is 128 Å². The van der Waals surface area contributed by atoms with E-state index in [9.17, 15) is 0 Å². The summed E-state index contributed by atoms with van der Waals surface area (Å²) in [6.45, 7) is 2.60. The fourth-order valence-electron chi connectivity index (χ4n) is 2.11. The summed E-state index contributed by atoms with van der Waals surface area (Å²) in [5.74, 6) is 1.52. The topological polar surface area (TPSA) is 67.7 Å². The lowest BCUT2D eigenvalue weighted by atomic mass is 10.2. The van der Waals surface area contributed by atoms with E-state index in [-0.39, 0.29) is 0 Å². The number of pyridine rings is 1. The van der Waals surface area contributed by atoms with Crippen LogP contribution in [0.3, 0.4) is 0 Å². The van der Waals surface area contributed by atoms with Gasteiger partial charge in [-0.05, 0) is 19.1 Å². The van der Waals surface area contributed by atoms with Crippen LogP contribution in [-0.2, 0) is 6.54 Å². The van der Waals surface area contributed by atoms with Crippen molar-refractivity contribution in [3.8, 4) is 11.4 Å². The summed E-state index contributed by atoms with van der Waals surface area (Å²) in [4.78, 5) is 23.6. The van der Waals surface area contributed by atoms with Gasteiger partial charge in [0.05, 0.1) is 18.4 Å². The average molecular weight is 292 g/mol. The lowest BCUT2D eigenvalue weighted by Crippen LogP contribution is -2.19. The molecule has 0 atom stereocenters. The number of hydrogen-bond acceptors (Lipinski definition) is 6. The number of rotatable bonds is 4. The van der Waals surface area contributed by atoms with Gasteiger partial charge < -0.3 is 4.90 Å². The molecular formula is C16H16N6. The van der Waals surface area contributed by atoms with Crippen molar-refractivity contribution < 1.29 is 0 Å². The Morgan fingerprint density at radius 2 is 1.91 bits per heavy atom. The Bertz CT molecular complexity index is 745. The second-order valence-electron chi connectivity index (χ2n) is 4.99. The molecule has 0 saturated carbocycles. The van der Waals surface area contributed by atoms with Gasteiger partial charge in [0, 0.05) is 49.2 Å². The van der Waals surface area contributed by atoms with E-state index in [1.807, 2.05) is 37.1 Å². The van der Waals surface area contributed by atoms with Gasteiger partial charge in [-0.2, -0.15) is 0 Å². The van der Waals surface area contributed by atoms with Gasteiger partial charge in [0.15, 0.2) is 5.82 Å². The average Bonchev–Trinajstić information content (AvgIpc) is 2.56. The third kappa shape index (κ3) is 3.22. The van der Waals surface area contributed by atoms with Crippen LogP contribution in [0.2, 0.25) is 0 Å². The predicted octanol–water partition coefficient (Wildman–Crippen LogP) is 2.27. The Balaban J connectivity index is 1.89. The van der Waals surface area contributed by atoms with E-state index in [1.54, 1.807) is 31.0 Å². The number of hydrogen-bond donors (Lipinski definition) is 0. The lowest BCUT2D eigenvalue weighted by Gasteiger charge is -2.18. The normalized spacial score (nSPS) is 10.5. The smallest absolute Gasteiger partial charge is 0.163 e. The minimum atomic E-state index is 0.636. The van der Waals surface area contributed by atoms with Gasteiger partial charge in [-0.25, -0.2) is 9.97 Å². The van der Waals surface area contributed by atoms with Crippen LogP contribution in [0.15, 0.2) is 49.2 Å². The van der Waals surface area contributed by atoms with Gasteiger partial charge in [-0.3, -0.25) is 15.0 Å². The van der Waals surface area contributed by atoms with Gasteiger partial charge in [0.25, 0.3) is 0 Å². The molecule has 0 amide bonds. The minimum absolute atomic E-state index is 0.636. The largest absolute Gasteiger partial charge is 0.354 e. The van der Waals surface area contributed by atoms with E-state index in [2.05, 4.69) is 24.9 Å². The summed E-state index contributed by atoms with van der Waals surface area (Å²) in [6.07, 6.45) is 8.61. The van der Waals surface area contributed by atoms with Crippen LogP contribution < -0.4 is 4.90 Å². The standard InChI is InChI=1S/C16H16N6/c1-12-8-15(22(2)11-14-10-18-6-7-19-14)21-16(20-12)13-4-3-5-17-9-13/h3-10H,11H2,1-2H3. The van der Waals surface area contributed by atoms with Crippen LogP contribution in [0.5, 0.6) is 0 Å². The molecule has 0 N–H and O–H groups in total. The Kier molecular flexibility index (Phi) is 4.00. The van der Waals surface area contributed by atoms with Gasteiger partial charge in [-0.15, -0.1) is 0 Å². The van der Waals surface area contributed by atoms with E-state index < -0.39 is 0 Å². The van der Waals surface area contributed by atoms with Crippen molar-refractivity contribution in [2.24, 2.45) is 0 Å². The molecule has 0 unspecified atom stereocenters. The highest BCUT2D eigenvalue weighted by Gasteiger charge is 2.09. The number of aryl methyl sites for hydroxylation is 1. The first kappa shape index (κ1) is 14.1. The number of aromatic nitrogens is 5. The second kappa shape index (κ2) is 6.26. The highest BCUT2D eigenvalue weighted by Crippen LogP contribution is 2.19. The van der Waals surface area contributed by atoms with Crippen molar-refractivity contribution in [2.75, 3.05) is 11.9 Å². The summed E-state index contributed by atoms with van der Waals surface area (Å²) < 4.78 is 0. The van der Waals surface area contributed by atoms with Crippen LogP contribution in [0, 0.1) is 6.92 Å². The molecule has 6 heteroatoms. The molecule has 0 aliphatic rings. The van der Waals surface area contributed by atoms with Crippen molar-refractivity contribution in [3.63, 3.8) is 0 Å². The summed E-state index contributed by atoms with van der Waals surface area (Å²) in [6, 6.07) is 5.79. The van der Waals surface area contributed by atoms with Crippen molar-refractivity contribution in [3.05, 3.63) is 60.6 Å². The Hall–Kier alpha value is -2.89. The second-order valence-corrected chi connectivity index (χ2v) is 4.99. The summed E-state index contributed by atoms with van der Waals surface area (Å²) >= 11 is 0. The predicted molar refractivity (Wildman–Crippen MR) is 84.1 cm³/mol. The molecule has 0 fully saturated rings. The molecule has 0 spiro atoms. The monoisotopic (exact) mass is 292 g/mol. The van der Waals surface area contributed by atoms with E-state index in [0.29, 0.717) is 12.4 Å². The zero-order valence-corrected chi connectivity index (χ0v) is 12.5. The zero-order chi connectivity index (χ0) is 15.4. The van der Waals surface area contributed by atoms with Crippen LogP contribution in [0.25, 0.3) is 11.4 Å². The van der Waals surface area contributed by atoms with Gasteiger partial charge in [-0.1, -0.05) is 0 Å². The molecule has 110 valence electrons. The molecule has 0 saturated heterocycles. The van der Waals surface area contributed by atoms with Gasteiger partial charge in [0.2, 0.25) is 0 Å². The third-order valence-corrected chi connectivity index (χ3v) is 3.17. The molecule has 3 heterocycles. The summed E-state index contributed by atoms with van der Waals surface area (Å²) in [7, 11) is 1.98. The maximum Gasteiger partial charge on any atom is 0.163 e. The molecule has 0 radical (unpaired) electrons. The van der Waals surface area contributed by atoms with Crippen molar-refractivity contribution in [2.45, 2.75) is 13.5 Å². The van der Waals surface area contributed by atoms with Crippen molar-refractivity contribution in [1.29, 1.82) is 0 Å². The first-order valence-corrected chi connectivity index (χ1v) is 6.94. The molecule has 0 aliphatic heterocycles. The molecule has 0 aliphatic carbocycles. The third-order valence-electron chi connectivity index (χ3n) is 3.17. The van der Waals surface area contributed by atoms with Crippen LogP contribution in [0.4, 0.5) is 5.82 Å². The first-order valence-electron chi connectivity index (χ1n) is 6.94. The van der Waals surface area contributed by atoms with Crippen LogP contribution in [-0.4, -0.2) is 32.0 Å². The summed E-state index contributed by atoms with van der Waals surface area (Å²) in [5.41, 5.74) is 2.71. The fourth-order valence-corrected chi connectivity index (χ4v) is 2.11. The molecule has 3 aromatic heterocycles. The van der Waals surface area contributed by atoms with Gasteiger partial charge in [0.1, 0.15) is 5.82 Å². The number of anilines is 1. The van der Waals surface area contributed by atoms with E-state index >= 15 is 0 Å². The maximum absolute atomic E-state index is 4.63. The molecule has 6 nitrogen and oxygen atoms in total. The quantitative estimate of drug-likeness (QED) is 0.735. The first-order chi connectivity index (χ1) is 10.7. The molecule has 22 heavy (non-hydrogen) atoms. The fraction of sp³-hybridized carbons (Fsp3) is 0.188. The molecule has 3 aromatic rings. The molecule has 3 rings (SSSR count). The Morgan fingerprint density at radius 1 is 1.05 bits per heavy atom. The molecule has 0 aromatic carbocycles. The van der Waals surface area contributed by atoms with E-state index in [0.717, 1.165) is 22.8 Å². The SMILES string of the molecule is Cc1cc(N(C)Cc2cnccn2)nc(-c2cccnc2)n1. The summed E-state index contributed by atoms with van der Waals surface area (Å²) in [5, 5.41) is 0. The highest BCUT2D eigenvalue weighted by atomic mass is 15.2. The van der Waals surface area contributed by atoms with Gasteiger partial charge >= 0.3 is 0 Å². The van der Waals surface area contributed by atoms with Crippen LogP contribution >= 0.6 is 0 Å². The zero-order valence-electron chi connectivity index (χ0n) is 12.5. The molecular weight excluding hydrogens is 276 g/mol. The minimum Gasteiger partial charge on any atom is -0.354 e.